The van der Waals surface area contributed by atoms with Gasteiger partial charge in [0.05, 0.1) is 19.8 Å². The van der Waals surface area contributed by atoms with Gasteiger partial charge in [-0.05, 0) is 51.9 Å². The van der Waals surface area contributed by atoms with E-state index in [1.54, 1.807) is 0 Å². The zero-order valence-electron chi connectivity index (χ0n) is 14.7. The van der Waals surface area contributed by atoms with Crippen LogP contribution in [0, 0.1) is 5.92 Å². The number of ether oxygens (including phenoxy) is 2. The Kier molecular flexibility index (Phi) is 5.87. The highest BCUT2D eigenvalue weighted by Crippen LogP contribution is 2.26. The zero-order chi connectivity index (χ0) is 16.9. The summed E-state index contributed by atoms with van der Waals surface area (Å²) in [5.74, 6) is 0.636. The van der Waals surface area contributed by atoms with Crippen molar-refractivity contribution in [1.82, 2.24) is 4.90 Å². The lowest BCUT2D eigenvalue weighted by atomic mass is 9.96. The van der Waals surface area contributed by atoms with Crippen LogP contribution in [-0.2, 0) is 14.3 Å². The molecule has 3 rings (SSSR count). The summed E-state index contributed by atoms with van der Waals surface area (Å²) in [5.41, 5.74) is 0.972. The van der Waals surface area contributed by atoms with Crippen molar-refractivity contribution in [2.45, 2.75) is 39.0 Å². The van der Waals surface area contributed by atoms with Crippen LogP contribution in [-0.4, -0.2) is 56.0 Å². The second-order valence-corrected chi connectivity index (χ2v) is 6.92. The second-order valence-electron chi connectivity index (χ2n) is 6.92. The standard InChI is InChI=1S/C19H28N2O3/c1-15(2)21(17-6-4-3-5-7-17)18(22)14-20-10-8-16(9-11-20)19-23-12-13-24-19/h3-7,15-16,19H,8-14H2,1-2H3. The van der Waals surface area contributed by atoms with Gasteiger partial charge in [0, 0.05) is 17.6 Å². The number of rotatable bonds is 5. The molecule has 132 valence electrons. The number of nitrogens with zero attached hydrogens (tertiary/aromatic N) is 2. The number of anilines is 1. The van der Waals surface area contributed by atoms with Crippen molar-refractivity contribution in [2.75, 3.05) is 37.7 Å². The van der Waals surface area contributed by atoms with E-state index in [2.05, 4.69) is 18.7 Å². The summed E-state index contributed by atoms with van der Waals surface area (Å²) in [6.07, 6.45) is 2.04. The van der Waals surface area contributed by atoms with Gasteiger partial charge in [0.2, 0.25) is 5.91 Å². The fourth-order valence-electron chi connectivity index (χ4n) is 3.62. The lowest BCUT2D eigenvalue weighted by Crippen LogP contribution is -2.47. The predicted octanol–water partition coefficient (Wildman–Crippen LogP) is 2.51. The van der Waals surface area contributed by atoms with E-state index in [0.717, 1.165) is 31.6 Å². The van der Waals surface area contributed by atoms with Crippen LogP contribution in [0.25, 0.3) is 0 Å². The highest BCUT2D eigenvalue weighted by Gasteiger charge is 2.31. The number of piperidine rings is 1. The average Bonchev–Trinajstić information content (AvgIpc) is 3.11. The van der Waals surface area contributed by atoms with E-state index in [0.29, 0.717) is 25.7 Å². The number of carbonyl (C=O) groups is 1. The Morgan fingerprint density at radius 3 is 2.38 bits per heavy atom. The molecule has 0 aromatic heterocycles. The highest BCUT2D eigenvalue weighted by molar-refractivity contribution is 5.95. The Bertz CT molecular complexity index is 521. The molecule has 0 unspecified atom stereocenters. The number of benzene rings is 1. The molecule has 0 spiro atoms. The molecule has 0 N–H and O–H groups in total. The van der Waals surface area contributed by atoms with Crippen LogP contribution >= 0.6 is 0 Å². The Balaban J connectivity index is 1.54. The van der Waals surface area contributed by atoms with Crippen LogP contribution in [0.15, 0.2) is 30.3 Å². The number of para-hydroxylation sites is 1. The van der Waals surface area contributed by atoms with Gasteiger partial charge in [0.25, 0.3) is 0 Å². The molecular formula is C19H28N2O3. The summed E-state index contributed by atoms with van der Waals surface area (Å²) >= 11 is 0. The molecule has 2 aliphatic rings. The van der Waals surface area contributed by atoms with Crippen molar-refractivity contribution in [3.05, 3.63) is 30.3 Å². The maximum absolute atomic E-state index is 12.8. The minimum atomic E-state index is -0.0284. The molecule has 0 saturated carbocycles. The van der Waals surface area contributed by atoms with Gasteiger partial charge in [-0.15, -0.1) is 0 Å². The van der Waals surface area contributed by atoms with Crippen LogP contribution < -0.4 is 4.90 Å². The van der Waals surface area contributed by atoms with E-state index in [1.165, 1.54) is 0 Å². The molecule has 2 aliphatic heterocycles. The molecular weight excluding hydrogens is 304 g/mol. The molecule has 0 bridgehead atoms. The van der Waals surface area contributed by atoms with Crippen molar-refractivity contribution in [1.29, 1.82) is 0 Å². The maximum atomic E-state index is 12.8. The number of hydrogen-bond acceptors (Lipinski definition) is 4. The van der Waals surface area contributed by atoms with E-state index in [1.807, 2.05) is 35.2 Å². The van der Waals surface area contributed by atoms with E-state index in [9.17, 15) is 4.79 Å². The molecule has 24 heavy (non-hydrogen) atoms. The third-order valence-electron chi connectivity index (χ3n) is 4.84. The van der Waals surface area contributed by atoms with Gasteiger partial charge in [-0.2, -0.15) is 0 Å². The topological polar surface area (TPSA) is 42.0 Å². The monoisotopic (exact) mass is 332 g/mol. The van der Waals surface area contributed by atoms with Gasteiger partial charge in [-0.3, -0.25) is 9.69 Å². The van der Waals surface area contributed by atoms with Crippen molar-refractivity contribution in [3.8, 4) is 0 Å². The first kappa shape index (κ1) is 17.4. The molecule has 2 heterocycles. The fraction of sp³-hybridized carbons (Fsp3) is 0.632. The van der Waals surface area contributed by atoms with Gasteiger partial charge >= 0.3 is 0 Å². The third kappa shape index (κ3) is 4.15. The lowest BCUT2D eigenvalue weighted by Gasteiger charge is -2.35. The first-order valence-corrected chi connectivity index (χ1v) is 8.98. The zero-order valence-corrected chi connectivity index (χ0v) is 14.7. The molecule has 5 nitrogen and oxygen atoms in total. The molecule has 1 aromatic rings. The number of hydrogen-bond donors (Lipinski definition) is 0. The molecule has 1 amide bonds. The Morgan fingerprint density at radius 1 is 1.17 bits per heavy atom. The minimum absolute atomic E-state index is 0.0284. The number of amides is 1. The number of likely N-dealkylation sites (tertiary alicyclic amines) is 1. The predicted molar refractivity (Wildman–Crippen MR) is 93.9 cm³/mol. The fourth-order valence-corrected chi connectivity index (χ4v) is 3.62. The summed E-state index contributed by atoms with van der Waals surface area (Å²) in [7, 11) is 0. The minimum Gasteiger partial charge on any atom is -0.350 e. The first-order chi connectivity index (χ1) is 11.6. The van der Waals surface area contributed by atoms with Gasteiger partial charge in [0.1, 0.15) is 0 Å². The molecule has 0 radical (unpaired) electrons. The Hall–Kier alpha value is -1.43. The summed E-state index contributed by atoms with van der Waals surface area (Å²) in [4.78, 5) is 17.0. The van der Waals surface area contributed by atoms with E-state index < -0.39 is 0 Å². The summed E-state index contributed by atoms with van der Waals surface area (Å²) in [6, 6.07) is 10.1. The van der Waals surface area contributed by atoms with E-state index in [-0.39, 0.29) is 18.2 Å². The highest BCUT2D eigenvalue weighted by atomic mass is 16.7. The number of carbonyl (C=O) groups excluding carboxylic acids is 1. The van der Waals surface area contributed by atoms with Gasteiger partial charge in [-0.1, -0.05) is 18.2 Å². The van der Waals surface area contributed by atoms with Crippen molar-refractivity contribution < 1.29 is 14.3 Å². The van der Waals surface area contributed by atoms with Gasteiger partial charge in [-0.25, -0.2) is 0 Å². The van der Waals surface area contributed by atoms with Gasteiger partial charge < -0.3 is 14.4 Å². The molecule has 0 atom stereocenters. The molecule has 2 saturated heterocycles. The van der Waals surface area contributed by atoms with Crippen LogP contribution in [0.1, 0.15) is 26.7 Å². The normalized spacial score (nSPS) is 20.6. The van der Waals surface area contributed by atoms with E-state index in [4.69, 9.17) is 9.47 Å². The Morgan fingerprint density at radius 2 is 1.79 bits per heavy atom. The van der Waals surface area contributed by atoms with Crippen molar-refractivity contribution >= 4 is 11.6 Å². The van der Waals surface area contributed by atoms with Crippen LogP contribution in [0.2, 0.25) is 0 Å². The maximum Gasteiger partial charge on any atom is 0.241 e. The largest absolute Gasteiger partial charge is 0.350 e. The quantitative estimate of drug-likeness (QED) is 0.831. The summed E-state index contributed by atoms with van der Waals surface area (Å²) in [6.45, 7) is 7.89. The molecule has 5 heteroatoms. The van der Waals surface area contributed by atoms with Crippen molar-refractivity contribution in [2.24, 2.45) is 5.92 Å². The molecule has 2 fully saturated rings. The van der Waals surface area contributed by atoms with Crippen LogP contribution in [0.3, 0.4) is 0 Å². The van der Waals surface area contributed by atoms with Crippen molar-refractivity contribution in [3.63, 3.8) is 0 Å². The van der Waals surface area contributed by atoms with E-state index >= 15 is 0 Å². The molecule has 0 aliphatic carbocycles. The van der Waals surface area contributed by atoms with Gasteiger partial charge in [0.15, 0.2) is 6.29 Å². The smallest absolute Gasteiger partial charge is 0.241 e. The first-order valence-electron chi connectivity index (χ1n) is 8.98. The van der Waals surface area contributed by atoms with Crippen LogP contribution in [0.5, 0.6) is 0 Å². The third-order valence-corrected chi connectivity index (χ3v) is 4.84. The average molecular weight is 332 g/mol. The lowest BCUT2D eigenvalue weighted by molar-refractivity contribution is -0.121. The Labute approximate surface area is 144 Å². The second kappa shape index (κ2) is 8.10. The van der Waals surface area contributed by atoms with Crippen LogP contribution in [0.4, 0.5) is 5.69 Å². The molecule has 1 aromatic carbocycles. The summed E-state index contributed by atoms with van der Waals surface area (Å²) in [5, 5.41) is 0. The summed E-state index contributed by atoms with van der Waals surface area (Å²) < 4.78 is 11.2. The SMILES string of the molecule is CC(C)N(C(=O)CN1CCC(C2OCCO2)CC1)c1ccccc1.